The first-order chi connectivity index (χ1) is 21.2. The van der Waals surface area contributed by atoms with Crippen LogP contribution in [0.25, 0.3) is 0 Å². The summed E-state index contributed by atoms with van der Waals surface area (Å²) < 4.78 is 0. The first-order valence-corrected chi connectivity index (χ1v) is 18.5. The Balaban J connectivity index is 2.06. The summed E-state index contributed by atoms with van der Waals surface area (Å²) in [6.07, 6.45) is 3.37. The van der Waals surface area contributed by atoms with Gasteiger partial charge in [0.2, 0.25) is 0 Å². The van der Waals surface area contributed by atoms with Crippen LogP contribution in [0.15, 0.2) is 60.7 Å². The number of nitrogens with one attached hydrogen (secondary N) is 2. The molecule has 0 aromatic heterocycles. The van der Waals surface area contributed by atoms with E-state index in [0.29, 0.717) is 51.1 Å². The monoisotopic (exact) mass is 644 g/mol. The standard InChI is InChI=1S/C34H56N6O2S2/c1-27(2)15-19-39(21-17-35)33(41)37-31(23-29-11-7-5-8-12-29)25-43-44-26-32(24-30-13-9-6-10-14-30)38-34(42)40(22-18-36)20-16-28(3)4/h5-14,27-28,31-32H,15-26,35-36H2,1-4H3,(H,37,41)(H,38,42)/t31-,32-/m0/s1. The summed E-state index contributed by atoms with van der Waals surface area (Å²) in [5.74, 6) is 2.51. The highest BCUT2D eigenvalue weighted by atomic mass is 33.1. The number of carbonyl (C=O) groups is 2. The van der Waals surface area contributed by atoms with Crippen molar-refractivity contribution in [3.63, 3.8) is 0 Å². The average Bonchev–Trinajstić information content (AvgIpc) is 3.00. The van der Waals surface area contributed by atoms with E-state index >= 15 is 0 Å². The van der Waals surface area contributed by atoms with Gasteiger partial charge in [0.1, 0.15) is 0 Å². The van der Waals surface area contributed by atoms with Crippen LogP contribution in [0.3, 0.4) is 0 Å². The topological polar surface area (TPSA) is 117 Å². The SMILES string of the molecule is CC(C)CCN(CCN)C(=O)N[C@H](CSSC[C@H](Cc1ccccc1)NC(=O)N(CCN)CCC(C)C)Cc1ccccc1. The van der Waals surface area contributed by atoms with Gasteiger partial charge in [-0.2, -0.15) is 0 Å². The minimum Gasteiger partial charge on any atom is -0.334 e. The van der Waals surface area contributed by atoms with Crippen LogP contribution >= 0.6 is 21.6 Å². The summed E-state index contributed by atoms with van der Waals surface area (Å²) in [7, 11) is 3.48. The van der Waals surface area contributed by atoms with Crippen molar-refractivity contribution >= 4 is 33.7 Å². The van der Waals surface area contributed by atoms with E-state index in [1.54, 1.807) is 21.6 Å². The van der Waals surface area contributed by atoms with Crippen molar-refractivity contribution in [1.29, 1.82) is 0 Å². The van der Waals surface area contributed by atoms with E-state index in [9.17, 15) is 9.59 Å². The molecule has 10 heteroatoms. The summed E-state index contributed by atoms with van der Waals surface area (Å²) in [6.45, 7) is 12.0. The van der Waals surface area contributed by atoms with Gasteiger partial charge in [0, 0.05) is 62.9 Å². The summed E-state index contributed by atoms with van der Waals surface area (Å²) in [6, 6.07) is 20.4. The van der Waals surface area contributed by atoms with Gasteiger partial charge in [0.15, 0.2) is 0 Å². The van der Waals surface area contributed by atoms with Gasteiger partial charge in [-0.15, -0.1) is 0 Å². The Labute approximate surface area is 274 Å². The van der Waals surface area contributed by atoms with Crippen LogP contribution < -0.4 is 22.1 Å². The Hall–Kier alpha value is -2.40. The molecular formula is C34H56N6O2S2. The van der Waals surface area contributed by atoms with Crippen molar-refractivity contribution in [1.82, 2.24) is 20.4 Å². The molecule has 2 atom stereocenters. The molecule has 0 saturated carbocycles. The number of carbonyl (C=O) groups excluding carboxylic acids is 2. The molecule has 0 unspecified atom stereocenters. The van der Waals surface area contributed by atoms with Gasteiger partial charge in [-0.25, -0.2) is 9.59 Å². The summed E-state index contributed by atoms with van der Waals surface area (Å²) in [5.41, 5.74) is 14.1. The van der Waals surface area contributed by atoms with Gasteiger partial charge in [0.25, 0.3) is 0 Å². The minimum atomic E-state index is -0.0572. The lowest BCUT2D eigenvalue weighted by molar-refractivity contribution is 0.192. The third-order valence-electron chi connectivity index (χ3n) is 7.25. The molecule has 0 radical (unpaired) electrons. The number of hydrogen-bond donors (Lipinski definition) is 4. The fraction of sp³-hybridized carbons (Fsp3) is 0.588. The predicted molar refractivity (Wildman–Crippen MR) is 190 cm³/mol. The maximum Gasteiger partial charge on any atom is 0.317 e. The highest BCUT2D eigenvalue weighted by molar-refractivity contribution is 8.76. The van der Waals surface area contributed by atoms with Crippen molar-refractivity contribution in [3.8, 4) is 0 Å². The van der Waals surface area contributed by atoms with Gasteiger partial charge in [-0.1, -0.05) is 110 Å². The van der Waals surface area contributed by atoms with E-state index in [1.165, 1.54) is 11.1 Å². The van der Waals surface area contributed by atoms with Crippen molar-refractivity contribution in [3.05, 3.63) is 71.8 Å². The molecule has 2 aromatic carbocycles. The molecule has 0 aliphatic heterocycles. The lowest BCUT2D eigenvalue weighted by atomic mass is 10.1. The van der Waals surface area contributed by atoms with Crippen LogP contribution in [-0.2, 0) is 12.8 Å². The molecule has 0 heterocycles. The Kier molecular flexibility index (Phi) is 19.0. The Morgan fingerprint density at radius 2 is 1.00 bits per heavy atom. The largest absolute Gasteiger partial charge is 0.334 e. The lowest BCUT2D eigenvalue weighted by Crippen LogP contribution is -2.49. The smallest absolute Gasteiger partial charge is 0.317 e. The van der Waals surface area contributed by atoms with Gasteiger partial charge in [-0.05, 0) is 48.6 Å². The van der Waals surface area contributed by atoms with Gasteiger partial charge >= 0.3 is 12.1 Å². The zero-order valence-electron chi connectivity index (χ0n) is 27.3. The van der Waals surface area contributed by atoms with Crippen LogP contribution in [0.1, 0.15) is 51.7 Å². The molecule has 0 spiro atoms. The number of benzene rings is 2. The van der Waals surface area contributed by atoms with E-state index in [1.807, 2.05) is 46.2 Å². The van der Waals surface area contributed by atoms with Crippen molar-refractivity contribution < 1.29 is 9.59 Å². The second-order valence-corrected chi connectivity index (χ2v) is 14.7. The molecule has 0 aliphatic carbocycles. The Morgan fingerprint density at radius 1 is 0.636 bits per heavy atom. The van der Waals surface area contributed by atoms with Gasteiger partial charge in [-0.3, -0.25) is 0 Å². The molecule has 0 fully saturated rings. The second kappa shape index (κ2) is 22.2. The van der Waals surface area contributed by atoms with Crippen molar-refractivity contribution in [2.24, 2.45) is 23.3 Å². The Morgan fingerprint density at radius 3 is 1.32 bits per heavy atom. The molecule has 6 N–H and O–H groups in total. The zero-order valence-corrected chi connectivity index (χ0v) is 28.9. The third-order valence-corrected chi connectivity index (χ3v) is 9.81. The highest BCUT2D eigenvalue weighted by Crippen LogP contribution is 2.25. The molecule has 0 saturated heterocycles. The molecule has 0 aliphatic rings. The number of hydrogen-bond acceptors (Lipinski definition) is 6. The summed E-state index contributed by atoms with van der Waals surface area (Å²) in [5, 5.41) is 6.59. The first-order valence-electron chi connectivity index (χ1n) is 16.0. The number of rotatable bonds is 21. The van der Waals surface area contributed by atoms with E-state index in [4.69, 9.17) is 11.5 Å². The Bertz CT molecular complexity index is 961. The van der Waals surface area contributed by atoms with Crippen LogP contribution in [0.4, 0.5) is 9.59 Å². The predicted octanol–water partition coefficient (Wildman–Crippen LogP) is 5.62. The van der Waals surface area contributed by atoms with E-state index < -0.39 is 0 Å². The molecule has 0 bridgehead atoms. The molecule has 4 amide bonds. The molecule has 2 aromatic rings. The molecule has 2 rings (SSSR count). The molecule has 246 valence electrons. The number of amides is 4. The number of nitrogens with zero attached hydrogens (tertiary/aromatic N) is 2. The second-order valence-electron chi connectivity index (χ2n) is 12.2. The number of nitrogens with two attached hydrogens (primary N) is 2. The zero-order chi connectivity index (χ0) is 32.2. The molecular weight excluding hydrogens is 589 g/mol. The maximum absolute atomic E-state index is 13.3. The van der Waals surface area contributed by atoms with Crippen LogP contribution in [0, 0.1) is 11.8 Å². The molecule has 44 heavy (non-hydrogen) atoms. The van der Waals surface area contributed by atoms with E-state index in [0.717, 1.165) is 37.2 Å². The summed E-state index contributed by atoms with van der Waals surface area (Å²) in [4.78, 5) is 30.3. The molecule has 8 nitrogen and oxygen atoms in total. The van der Waals surface area contributed by atoms with Crippen LogP contribution in [0.2, 0.25) is 0 Å². The van der Waals surface area contributed by atoms with Crippen LogP contribution in [0.5, 0.6) is 0 Å². The average molecular weight is 645 g/mol. The summed E-state index contributed by atoms with van der Waals surface area (Å²) >= 11 is 0. The van der Waals surface area contributed by atoms with Crippen molar-refractivity contribution in [2.45, 2.75) is 65.5 Å². The minimum absolute atomic E-state index is 0.0417. The normalized spacial score (nSPS) is 12.6. The quantitative estimate of drug-likeness (QED) is 0.104. The fourth-order valence-corrected chi connectivity index (χ4v) is 7.15. The van der Waals surface area contributed by atoms with Gasteiger partial charge < -0.3 is 31.9 Å². The number of urea groups is 2. The van der Waals surface area contributed by atoms with Crippen molar-refractivity contribution in [2.75, 3.05) is 50.8 Å². The third kappa shape index (κ3) is 16.1. The fourth-order valence-electron chi connectivity index (χ4n) is 4.66. The van der Waals surface area contributed by atoms with Gasteiger partial charge in [0.05, 0.1) is 0 Å². The lowest BCUT2D eigenvalue weighted by Gasteiger charge is -2.28. The van der Waals surface area contributed by atoms with E-state index in [2.05, 4.69) is 62.6 Å². The van der Waals surface area contributed by atoms with Crippen LogP contribution in [-0.4, -0.2) is 84.7 Å². The maximum atomic E-state index is 13.3. The highest BCUT2D eigenvalue weighted by Gasteiger charge is 2.21. The van der Waals surface area contributed by atoms with E-state index in [-0.39, 0.29) is 24.1 Å². The first kappa shape index (κ1) is 37.8.